The Morgan fingerprint density at radius 3 is 2.13 bits per heavy atom. The third-order valence-corrected chi connectivity index (χ3v) is 5.48. The molecule has 0 spiro atoms. The first-order chi connectivity index (χ1) is 14.9. The molecule has 0 heterocycles. The summed E-state index contributed by atoms with van der Waals surface area (Å²) in [5, 5.41) is 14.2. The van der Waals surface area contributed by atoms with E-state index in [4.69, 9.17) is 9.84 Å². The van der Waals surface area contributed by atoms with Gasteiger partial charge in [0.2, 0.25) is 5.91 Å². The molecule has 2 aromatic rings. The highest BCUT2D eigenvalue weighted by atomic mass is 16.5. The lowest BCUT2D eigenvalue weighted by molar-refractivity contribution is -0.137. The molecule has 7 nitrogen and oxygen atoms in total. The number of ether oxygens (including phenoxy) is 1. The number of rotatable bonds is 9. The molecule has 0 saturated heterocycles. The molecule has 1 aliphatic carbocycles. The number of alkyl carbamates (subject to hydrolysis) is 1. The van der Waals surface area contributed by atoms with Gasteiger partial charge in [0.1, 0.15) is 12.6 Å². The van der Waals surface area contributed by atoms with Crippen LogP contribution in [-0.4, -0.2) is 41.8 Å². The van der Waals surface area contributed by atoms with Gasteiger partial charge in [0.25, 0.3) is 0 Å². The van der Waals surface area contributed by atoms with Gasteiger partial charge in [-0.2, -0.15) is 0 Å². The van der Waals surface area contributed by atoms with Crippen molar-refractivity contribution >= 4 is 18.0 Å². The number of aliphatic carboxylic acids is 1. The molecule has 2 atom stereocenters. The van der Waals surface area contributed by atoms with Crippen LogP contribution < -0.4 is 10.6 Å². The Morgan fingerprint density at radius 2 is 1.58 bits per heavy atom. The molecule has 2 aromatic carbocycles. The first-order valence-electron chi connectivity index (χ1n) is 10.5. The average molecular weight is 424 g/mol. The summed E-state index contributed by atoms with van der Waals surface area (Å²) in [7, 11) is 0. The van der Waals surface area contributed by atoms with Crippen LogP contribution in [0.2, 0.25) is 0 Å². The molecule has 0 saturated carbocycles. The molecule has 1 aliphatic rings. The number of carbonyl (C=O) groups excluding carboxylic acids is 2. The van der Waals surface area contributed by atoms with E-state index < -0.39 is 30.1 Å². The summed E-state index contributed by atoms with van der Waals surface area (Å²) in [5.74, 6) is -1.48. The van der Waals surface area contributed by atoms with Gasteiger partial charge in [-0.05, 0) is 35.6 Å². The molecule has 3 N–H and O–H groups in total. The van der Waals surface area contributed by atoms with Gasteiger partial charge < -0.3 is 20.5 Å². The van der Waals surface area contributed by atoms with Crippen molar-refractivity contribution in [3.05, 3.63) is 59.7 Å². The van der Waals surface area contributed by atoms with Crippen molar-refractivity contribution in [2.45, 2.75) is 51.1 Å². The Bertz CT molecular complexity index is 913. The highest BCUT2D eigenvalue weighted by Crippen LogP contribution is 2.44. The van der Waals surface area contributed by atoms with Crippen molar-refractivity contribution in [2.75, 3.05) is 6.61 Å². The highest BCUT2D eigenvalue weighted by molar-refractivity contribution is 5.86. The van der Waals surface area contributed by atoms with Gasteiger partial charge in [-0.1, -0.05) is 61.9 Å². The van der Waals surface area contributed by atoms with Crippen molar-refractivity contribution in [3.8, 4) is 11.1 Å². The van der Waals surface area contributed by atoms with Crippen LogP contribution in [-0.2, 0) is 14.3 Å². The van der Waals surface area contributed by atoms with E-state index >= 15 is 0 Å². The molecule has 0 aromatic heterocycles. The van der Waals surface area contributed by atoms with E-state index in [0.29, 0.717) is 6.42 Å². The van der Waals surface area contributed by atoms with Crippen molar-refractivity contribution in [3.63, 3.8) is 0 Å². The molecular formula is C24H28N2O5. The van der Waals surface area contributed by atoms with Crippen LogP contribution in [0.3, 0.4) is 0 Å². The van der Waals surface area contributed by atoms with Gasteiger partial charge in [0.15, 0.2) is 0 Å². The van der Waals surface area contributed by atoms with Gasteiger partial charge in [-0.15, -0.1) is 0 Å². The van der Waals surface area contributed by atoms with Crippen molar-refractivity contribution < 1.29 is 24.2 Å². The predicted molar refractivity (Wildman–Crippen MR) is 117 cm³/mol. The number of fused-ring (bicyclic) bond motifs is 3. The van der Waals surface area contributed by atoms with E-state index in [2.05, 4.69) is 22.8 Å². The van der Waals surface area contributed by atoms with E-state index in [1.165, 1.54) is 0 Å². The third kappa shape index (κ3) is 5.42. The minimum Gasteiger partial charge on any atom is -0.481 e. The second-order valence-corrected chi connectivity index (χ2v) is 7.78. The summed E-state index contributed by atoms with van der Waals surface area (Å²) >= 11 is 0. The van der Waals surface area contributed by atoms with Crippen LogP contribution in [0.4, 0.5) is 4.79 Å². The maximum Gasteiger partial charge on any atom is 0.407 e. The molecule has 0 bridgehead atoms. The van der Waals surface area contributed by atoms with Gasteiger partial charge in [-0.25, -0.2) is 4.79 Å². The zero-order chi connectivity index (χ0) is 22.4. The van der Waals surface area contributed by atoms with Crippen molar-refractivity contribution in [1.29, 1.82) is 0 Å². The molecule has 164 valence electrons. The first kappa shape index (κ1) is 22.3. The number of carboxylic acid groups (broad SMARTS) is 1. The third-order valence-electron chi connectivity index (χ3n) is 5.48. The molecule has 0 fully saturated rings. The zero-order valence-electron chi connectivity index (χ0n) is 17.8. The summed E-state index contributed by atoms with van der Waals surface area (Å²) in [6, 6.07) is 14.8. The van der Waals surface area contributed by atoms with Crippen LogP contribution in [0.1, 0.15) is 50.2 Å². The normalized spacial score (nSPS) is 14.1. The SMILES string of the molecule is CCC[C@@H](CC(=O)O)NC(=O)[C@@H](C)NC(=O)OCC1c2ccccc2-c2ccccc21. The van der Waals surface area contributed by atoms with Crippen LogP contribution in [0.15, 0.2) is 48.5 Å². The van der Waals surface area contributed by atoms with E-state index in [1.807, 2.05) is 43.3 Å². The fourth-order valence-electron chi connectivity index (χ4n) is 3.99. The number of benzene rings is 2. The lowest BCUT2D eigenvalue weighted by Crippen LogP contribution is -2.48. The Hall–Kier alpha value is -3.35. The summed E-state index contributed by atoms with van der Waals surface area (Å²) in [6.07, 6.45) is 0.453. The standard InChI is InChI=1S/C24H28N2O5/c1-3-8-16(13-22(27)28)26-23(29)15(2)25-24(30)31-14-21-19-11-6-4-9-17(19)18-10-5-7-12-20(18)21/h4-7,9-12,15-16,21H,3,8,13-14H2,1-2H3,(H,25,30)(H,26,29)(H,27,28)/t15-,16+/m1/s1. The van der Waals surface area contributed by atoms with Gasteiger partial charge in [-0.3, -0.25) is 9.59 Å². The van der Waals surface area contributed by atoms with Crippen molar-refractivity contribution in [1.82, 2.24) is 10.6 Å². The number of carbonyl (C=O) groups is 3. The average Bonchev–Trinajstić information content (AvgIpc) is 3.06. The number of hydrogen-bond donors (Lipinski definition) is 3. The molecule has 31 heavy (non-hydrogen) atoms. The van der Waals surface area contributed by atoms with E-state index in [0.717, 1.165) is 28.7 Å². The fraction of sp³-hybridized carbons (Fsp3) is 0.375. The number of carboxylic acids is 1. The monoisotopic (exact) mass is 424 g/mol. The molecule has 3 rings (SSSR count). The van der Waals surface area contributed by atoms with Gasteiger partial charge in [0.05, 0.1) is 6.42 Å². The topological polar surface area (TPSA) is 105 Å². The lowest BCUT2D eigenvalue weighted by atomic mass is 9.98. The smallest absolute Gasteiger partial charge is 0.407 e. The van der Waals surface area contributed by atoms with E-state index in [-0.39, 0.29) is 18.9 Å². The molecule has 2 amide bonds. The largest absolute Gasteiger partial charge is 0.481 e. The molecule has 0 aliphatic heterocycles. The Morgan fingerprint density at radius 1 is 1.00 bits per heavy atom. The fourth-order valence-corrected chi connectivity index (χ4v) is 3.99. The van der Waals surface area contributed by atoms with E-state index in [9.17, 15) is 14.4 Å². The van der Waals surface area contributed by atoms with Crippen LogP contribution in [0, 0.1) is 0 Å². The maximum atomic E-state index is 12.4. The predicted octanol–water partition coefficient (Wildman–Crippen LogP) is 3.67. The Balaban J connectivity index is 1.56. The highest BCUT2D eigenvalue weighted by Gasteiger charge is 2.29. The number of amides is 2. The zero-order valence-corrected chi connectivity index (χ0v) is 17.8. The summed E-state index contributed by atoms with van der Waals surface area (Å²) < 4.78 is 5.45. The lowest BCUT2D eigenvalue weighted by Gasteiger charge is -2.20. The minimum atomic E-state index is -0.976. The minimum absolute atomic E-state index is 0.0632. The summed E-state index contributed by atoms with van der Waals surface area (Å²) in [6.45, 7) is 3.62. The summed E-state index contributed by atoms with van der Waals surface area (Å²) in [5.41, 5.74) is 4.50. The van der Waals surface area contributed by atoms with Crippen LogP contribution in [0.25, 0.3) is 11.1 Å². The van der Waals surface area contributed by atoms with Gasteiger partial charge >= 0.3 is 12.1 Å². The Kier molecular flexibility index (Phi) is 7.28. The molecule has 7 heteroatoms. The van der Waals surface area contributed by atoms with Crippen LogP contribution >= 0.6 is 0 Å². The Labute approximate surface area is 181 Å². The van der Waals surface area contributed by atoms with Crippen molar-refractivity contribution in [2.24, 2.45) is 0 Å². The maximum absolute atomic E-state index is 12.4. The first-order valence-corrected chi connectivity index (χ1v) is 10.5. The molecular weight excluding hydrogens is 396 g/mol. The quantitative estimate of drug-likeness (QED) is 0.570. The molecule has 0 radical (unpaired) electrons. The van der Waals surface area contributed by atoms with Gasteiger partial charge in [0, 0.05) is 12.0 Å². The van der Waals surface area contributed by atoms with E-state index in [1.54, 1.807) is 6.92 Å². The summed E-state index contributed by atoms with van der Waals surface area (Å²) in [4.78, 5) is 35.6. The second-order valence-electron chi connectivity index (χ2n) is 7.78. The number of hydrogen-bond acceptors (Lipinski definition) is 4. The second kappa shape index (κ2) is 10.1. The number of nitrogens with one attached hydrogen (secondary N) is 2. The van der Waals surface area contributed by atoms with Crippen LogP contribution in [0.5, 0.6) is 0 Å². The molecule has 0 unspecified atom stereocenters.